The molecule has 0 amide bonds. The molecule has 0 atom stereocenters. The molecule has 0 spiro atoms. The number of furan rings is 1. The van der Waals surface area contributed by atoms with Gasteiger partial charge >= 0.3 is 5.63 Å². The van der Waals surface area contributed by atoms with Gasteiger partial charge in [-0.2, -0.15) is 0 Å². The highest BCUT2D eigenvalue weighted by atomic mass is 16.5. The van der Waals surface area contributed by atoms with Crippen molar-refractivity contribution in [1.82, 2.24) is 5.16 Å². The first-order chi connectivity index (χ1) is 6.16. The molecule has 0 radical (unpaired) electrons. The molecule has 2 heterocycles. The topological polar surface area (TPSA) is 59.1 Å². The van der Waals surface area contributed by atoms with Crippen LogP contribution in [0.4, 0.5) is 0 Å². The Balaban J connectivity index is 2.57. The number of aryl methyl sites for hydroxylation is 2. The summed E-state index contributed by atoms with van der Waals surface area (Å²) in [6, 6.07) is 3.26. The van der Waals surface area contributed by atoms with Gasteiger partial charge in [0.25, 0.3) is 0 Å². The van der Waals surface area contributed by atoms with E-state index in [0.29, 0.717) is 5.69 Å². The average molecular weight is 179 g/mol. The van der Waals surface area contributed by atoms with E-state index in [2.05, 4.69) is 9.68 Å². The smallest absolute Gasteiger partial charge is 0.357 e. The summed E-state index contributed by atoms with van der Waals surface area (Å²) in [4.78, 5) is 10.8. The first kappa shape index (κ1) is 7.91. The van der Waals surface area contributed by atoms with E-state index >= 15 is 0 Å². The van der Waals surface area contributed by atoms with Crippen LogP contribution >= 0.6 is 0 Å². The third-order valence-corrected chi connectivity index (χ3v) is 1.85. The molecule has 0 aliphatic rings. The molecular weight excluding hydrogens is 170 g/mol. The number of H-pyrrole nitrogens is 1. The highest BCUT2D eigenvalue weighted by Gasteiger charge is 2.09. The third kappa shape index (κ3) is 1.30. The standard InChI is InChI=1S/C9H9NO3/c1-5-3-7(6(2)12-5)8-4-9(11)13-10-8/h3-4,10H,1-2H3. The lowest BCUT2D eigenvalue weighted by atomic mass is 10.2. The van der Waals surface area contributed by atoms with Crippen molar-refractivity contribution in [3.8, 4) is 11.3 Å². The van der Waals surface area contributed by atoms with Crippen LogP contribution in [0.2, 0.25) is 0 Å². The normalized spacial score (nSPS) is 10.6. The van der Waals surface area contributed by atoms with Gasteiger partial charge in [0.1, 0.15) is 11.5 Å². The Bertz CT molecular complexity index is 475. The van der Waals surface area contributed by atoms with Crippen molar-refractivity contribution in [2.24, 2.45) is 0 Å². The van der Waals surface area contributed by atoms with Gasteiger partial charge in [0, 0.05) is 5.56 Å². The highest BCUT2D eigenvalue weighted by Crippen LogP contribution is 2.23. The SMILES string of the molecule is Cc1cc(-c2cc(=O)o[nH]2)c(C)o1. The van der Waals surface area contributed by atoms with E-state index in [-0.39, 0.29) is 5.63 Å². The second-order valence-electron chi connectivity index (χ2n) is 2.91. The number of aromatic amines is 1. The van der Waals surface area contributed by atoms with Gasteiger partial charge in [0.2, 0.25) is 0 Å². The molecule has 68 valence electrons. The summed E-state index contributed by atoms with van der Waals surface area (Å²) in [5.74, 6) is 1.59. The van der Waals surface area contributed by atoms with Crippen LogP contribution in [0.15, 0.2) is 25.9 Å². The zero-order valence-corrected chi connectivity index (χ0v) is 7.38. The maximum absolute atomic E-state index is 10.8. The number of hydrogen-bond donors (Lipinski definition) is 1. The number of nitrogens with one attached hydrogen (secondary N) is 1. The van der Waals surface area contributed by atoms with E-state index in [4.69, 9.17) is 4.42 Å². The molecule has 0 fully saturated rings. The van der Waals surface area contributed by atoms with Crippen LogP contribution in [0.3, 0.4) is 0 Å². The summed E-state index contributed by atoms with van der Waals surface area (Å²) in [5, 5.41) is 2.53. The Morgan fingerprint density at radius 2 is 2.08 bits per heavy atom. The summed E-state index contributed by atoms with van der Waals surface area (Å²) in [7, 11) is 0. The van der Waals surface area contributed by atoms with Crippen LogP contribution in [0.5, 0.6) is 0 Å². The molecule has 4 heteroatoms. The molecule has 1 N–H and O–H groups in total. The summed E-state index contributed by atoms with van der Waals surface area (Å²) >= 11 is 0. The monoisotopic (exact) mass is 179 g/mol. The molecule has 2 rings (SSSR count). The number of rotatable bonds is 1. The predicted octanol–water partition coefficient (Wildman–Crippen LogP) is 1.84. The fourth-order valence-electron chi connectivity index (χ4n) is 1.31. The number of hydrogen-bond acceptors (Lipinski definition) is 3. The Morgan fingerprint density at radius 3 is 2.54 bits per heavy atom. The molecule has 4 nitrogen and oxygen atoms in total. The van der Waals surface area contributed by atoms with Crippen LogP contribution in [0.25, 0.3) is 11.3 Å². The molecular formula is C9H9NO3. The lowest BCUT2D eigenvalue weighted by Crippen LogP contribution is -1.85. The minimum atomic E-state index is -0.381. The molecule has 0 unspecified atom stereocenters. The quantitative estimate of drug-likeness (QED) is 0.726. The van der Waals surface area contributed by atoms with Gasteiger partial charge < -0.3 is 8.94 Å². The van der Waals surface area contributed by atoms with E-state index in [1.165, 1.54) is 6.07 Å². The Morgan fingerprint density at radius 1 is 1.31 bits per heavy atom. The fraction of sp³-hybridized carbons (Fsp3) is 0.222. The Hall–Kier alpha value is -1.71. The summed E-state index contributed by atoms with van der Waals surface area (Å²) in [6.07, 6.45) is 0. The van der Waals surface area contributed by atoms with Crippen molar-refractivity contribution in [3.63, 3.8) is 0 Å². The van der Waals surface area contributed by atoms with Crippen LogP contribution in [0.1, 0.15) is 11.5 Å². The first-order valence-electron chi connectivity index (χ1n) is 3.93. The molecule has 0 aromatic carbocycles. The highest BCUT2D eigenvalue weighted by molar-refractivity contribution is 5.60. The maximum Gasteiger partial charge on any atom is 0.357 e. The van der Waals surface area contributed by atoms with Gasteiger partial charge in [-0.1, -0.05) is 0 Å². The molecule has 0 saturated heterocycles. The molecule has 0 bridgehead atoms. The zero-order valence-electron chi connectivity index (χ0n) is 7.38. The third-order valence-electron chi connectivity index (χ3n) is 1.85. The Kier molecular flexibility index (Phi) is 1.62. The van der Waals surface area contributed by atoms with Crippen LogP contribution in [0, 0.1) is 13.8 Å². The van der Waals surface area contributed by atoms with Crippen molar-refractivity contribution >= 4 is 0 Å². The summed E-state index contributed by atoms with van der Waals surface area (Å²) in [5.41, 5.74) is 1.14. The zero-order chi connectivity index (χ0) is 9.42. The molecule has 0 aliphatic carbocycles. The van der Waals surface area contributed by atoms with Gasteiger partial charge in [0.15, 0.2) is 0 Å². The molecule has 0 saturated carbocycles. The second-order valence-corrected chi connectivity index (χ2v) is 2.91. The maximum atomic E-state index is 10.8. The Labute approximate surface area is 74.1 Å². The van der Waals surface area contributed by atoms with Crippen molar-refractivity contribution < 1.29 is 8.94 Å². The van der Waals surface area contributed by atoms with Gasteiger partial charge in [0.05, 0.1) is 11.8 Å². The van der Waals surface area contributed by atoms with E-state index < -0.39 is 0 Å². The first-order valence-corrected chi connectivity index (χ1v) is 3.93. The predicted molar refractivity (Wildman–Crippen MR) is 46.5 cm³/mol. The van der Waals surface area contributed by atoms with Crippen molar-refractivity contribution in [2.75, 3.05) is 0 Å². The van der Waals surface area contributed by atoms with Gasteiger partial charge in [-0.3, -0.25) is 0 Å². The van der Waals surface area contributed by atoms with Crippen LogP contribution in [-0.2, 0) is 0 Å². The average Bonchev–Trinajstić information content (AvgIpc) is 2.58. The molecule has 2 aromatic heterocycles. The lowest BCUT2D eigenvalue weighted by Gasteiger charge is -1.89. The molecule has 2 aromatic rings. The fourth-order valence-corrected chi connectivity index (χ4v) is 1.31. The minimum Gasteiger partial charge on any atom is -0.466 e. The van der Waals surface area contributed by atoms with Gasteiger partial charge in [-0.15, -0.1) is 0 Å². The van der Waals surface area contributed by atoms with Crippen molar-refractivity contribution in [1.29, 1.82) is 0 Å². The lowest BCUT2D eigenvalue weighted by molar-refractivity contribution is 0.393. The number of aromatic nitrogens is 1. The van der Waals surface area contributed by atoms with E-state index in [0.717, 1.165) is 17.1 Å². The van der Waals surface area contributed by atoms with Crippen LogP contribution < -0.4 is 5.63 Å². The minimum absolute atomic E-state index is 0.381. The molecule has 13 heavy (non-hydrogen) atoms. The van der Waals surface area contributed by atoms with Gasteiger partial charge in [-0.25, -0.2) is 9.95 Å². The van der Waals surface area contributed by atoms with Gasteiger partial charge in [-0.05, 0) is 19.9 Å². The summed E-state index contributed by atoms with van der Waals surface area (Å²) < 4.78 is 9.88. The van der Waals surface area contributed by atoms with E-state index in [1.54, 1.807) is 0 Å². The van der Waals surface area contributed by atoms with Crippen LogP contribution in [-0.4, -0.2) is 5.16 Å². The molecule has 0 aliphatic heterocycles. The second kappa shape index (κ2) is 2.65. The van der Waals surface area contributed by atoms with E-state index in [9.17, 15) is 4.79 Å². The van der Waals surface area contributed by atoms with Crippen molar-refractivity contribution in [3.05, 3.63) is 34.1 Å². The summed E-state index contributed by atoms with van der Waals surface area (Å²) in [6.45, 7) is 3.70. The largest absolute Gasteiger partial charge is 0.466 e. The van der Waals surface area contributed by atoms with Crippen molar-refractivity contribution in [2.45, 2.75) is 13.8 Å². The van der Waals surface area contributed by atoms with E-state index in [1.807, 2.05) is 19.9 Å².